The average molecular weight is 213 g/mol. The number of nitrogens with zero attached hydrogens (tertiary/aromatic N) is 1. The van der Waals surface area contributed by atoms with Gasteiger partial charge in [0.05, 0.1) is 13.7 Å². The minimum absolute atomic E-state index is 0.309. The van der Waals surface area contributed by atoms with Crippen molar-refractivity contribution in [3.8, 4) is 0 Å². The first kappa shape index (κ1) is 10.7. The van der Waals surface area contributed by atoms with Gasteiger partial charge in [0, 0.05) is 0 Å². The molecule has 0 aromatic carbocycles. The van der Waals surface area contributed by atoms with Gasteiger partial charge in [-0.3, -0.25) is 0 Å². The van der Waals surface area contributed by atoms with Crippen molar-refractivity contribution in [2.75, 3.05) is 13.7 Å². The van der Waals surface area contributed by atoms with Gasteiger partial charge < -0.3 is 9.47 Å². The zero-order valence-corrected chi connectivity index (χ0v) is 8.84. The molecule has 1 rings (SSSR count). The second-order valence-corrected chi connectivity index (χ2v) is 3.39. The van der Waals surface area contributed by atoms with Gasteiger partial charge in [-0.05, 0) is 19.1 Å². The Morgan fingerprint density at radius 2 is 2.43 bits per heavy atom. The molecule has 0 bridgehead atoms. The van der Waals surface area contributed by atoms with Gasteiger partial charge in [-0.15, -0.1) is 11.3 Å². The number of aliphatic imine (C=N–C) groups is 1. The van der Waals surface area contributed by atoms with E-state index in [0.717, 1.165) is 5.00 Å². The number of thiophene rings is 1. The van der Waals surface area contributed by atoms with Crippen molar-refractivity contribution in [1.29, 1.82) is 0 Å². The minimum atomic E-state index is -0.309. The first-order valence-corrected chi connectivity index (χ1v) is 4.92. The fourth-order valence-corrected chi connectivity index (χ4v) is 1.55. The Bertz CT molecular complexity index is 333. The zero-order valence-electron chi connectivity index (χ0n) is 8.02. The van der Waals surface area contributed by atoms with E-state index in [0.29, 0.717) is 11.5 Å². The molecule has 0 aliphatic rings. The van der Waals surface area contributed by atoms with E-state index in [4.69, 9.17) is 4.74 Å². The number of hydrogen-bond acceptors (Lipinski definition) is 5. The maximum Gasteiger partial charge on any atom is 0.348 e. The number of ether oxygens (including phenoxy) is 2. The minimum Gasteiger partial charge on any atom is -0.486 e. The Morgan fingerprint density at radius 3 is 3.07 bits per heavy atom. The molecule has 0 amide bonds. The van der Waals surface area contributed by atoms with E-state index in [1.54, 1.807) is 19.1 Å². The fraction of sp³-hybridized carbons (Fsp3) is 0.333. The van der Waals surface area contributed by atoms with Crippen molar-refractivity contribution in [1.82, 2.24) is 0 Å². The van der Waals surface area contributed by atoms with Crippen molar-refractivity contribution in [3.05, 3.63) is 17.0 Å². The molecule has 0 atom stereocenters. The van der Waals surface area contributed by atoms with Crippen LogP contribution in [0.2, 0.25) is 0 Å². The van der Waals surface area contributed by atoms with Gasteiger partial charge >= 0.3 is 5.97 Å². The van der Waals surface area contributed by atoms with E-state index in [-0.39, 0.29) is 5.97 Å². The number of carbonyl (C=O) groups excluding carboxylic acids is 1. The molecule has 5 heteroatoms. The maximum atomic E-state index is 11.2. The summed E-state index contributed by atoms with van der Waals surface area (Å²) in [6.45, 7) is 2.16. The van der Waals surface area contributed by atoms with Crippen LogP contribution in [-0.4, -0.2) is 26.1 Å². The number of esters is 1. The van der Waals surface area contributed by atoms with Gasteiger partial charge in [0.2, 0.25) is 0 Å². The van der Waals surface area contributed by atoms with E-state index in [1.165, 1.54) is 24.8 Å². The molecule has 0 unspecified atom stereocenters. The number of carbonyl (C=O) groups is 1. The molecule has 76 valence electrons. The van der Waals surface area contributed by atoms with Crippen LogP contribution in [0.1, 0.15) is 16.6 Å². The van der Waals surface area contributed by atoms with Crippen LogP contribution < -0.4 is 0 Å². The normalized spacial score (nSPS) is 10.4. The molecule has 14 heavy (non-hydrogen) atoms. The molecular weight excluding hydrogens is 202 g/mol. The molecule has 0 aliphatic heterocycles. The van der Waals surface area contributed by atoms with Gasteiger partial charge in [0.1, 0.15) is 9.88 Å². The molecular formula is C9H11NO3S. The second kappa shape index (κ2) is 5.39. The first-order valence-electron chi connectivity index (χ1n) is 4.10. The summed E-state index contributed by atoms with van der Waals surface area (Å²) in [7, 11) is 1.52. The molecule has 1 heterocycles. The van der Waals surface area contributed by atoms with E-state index < -0.39 is 0 Å². The van der Waals surface area contributed by atoms with E-state index >= 15 is 0 Å². The Labute approximate surface area is 86.2 Å². The summed E-state index contributed by atoms with van der Waals surface area (Å²) >= 11 is 1.27. The van der Waals surface area contributed by atoms with Crippen LogP contribution in [-0.2, 0) is 9.47 Å². The average Bonchev–Trinajstić information content (AvgIpc) is 2.63. The predicted molar refractivity (Wildman–Crippen MR) is 55.4 cm³/mol. The van der Waals surface area contributed by atoms with Crippen molar-refractivity contribution in [2.24, 2.45) is 4.99 Å². The molecule has 4 nitrogen and oxygen atoms in total. The van der Waals surface area contributed by atoms with Crippen molar-refractivity contribution >= 4 is 28.7 Å². The molecule has 0 N–H and O–H groups in total. The Kier molecular flexibility index (Phi) is 4.12. The quantitative estimate of drug-likeness (QED) is 0.438. The van der Waals surface area contributed by atoms with Crippen molar-refractivity contribution < 1.29 is 14.3 Å². The molecule has 0 spiro atoms. The highest BCUT2D eigenvalue weighted by Gasteiger charge is 2.08. The third-order valence-corrected chi connectivity index (χ3v) is 2.33. The number of rotatable bonds is 4. The summed E-state index contributed by atoms with van der Waals surface area (Å²) in [5.41, 5.74) is 0. The van der Waals surface area contributed by atoms with Crippen LogP contribution in [0.5, 0.6) is 0 Å². The predicted octanol–water partition coefficient (Wildman–Crippen LogP) is 2.23. The van der Waals surface area contributed by atoms with Crippen LogP contribution in [0.4, 0.5) is 5.00 Å². The number of methoxy groups -OCH3 is 1. The molecule has 1 aromatic rings. The summed E-state index contributed by atoms with van der Waals surface area (Å²) in [6.07, 6.45) is 1.32. The summed E-state index contributed by atoms with van der Waals surface area (Å²) in [5, 5.41) is 0.718. The molecule has 0 fully saturated rings. The topological polar surface area (TPSA) is 47.9 Å². The van der Waals surface area contributed by atoms with Crippen LogP contribution in [0.15, 0.2) is 17.1 Å². The SMILES string of the molecule is CCOC(=O)c1ccc(N=COC)s1. The van der Waals surface area contributed by atoms with E-state index in [1.807, 2.05) is 0 Å². The molecule has 0 saturated heterocycles. The summed E-state index contributed by atoms with van der Waals surface area (Å²) in [4.78, 5) is 15.7. The van der Waals surface area contributed by atoms with Crippen LogP contribution in [0.3, 0.4) is 0 Å². The van der Waals surface area contributed by atoms with Gasteiger partial charge in [0.25, 0.3) is 0 Å². The third-order valence-electron chi connectivity index (χ3n) is 1.35. The fourth-order valence-electron chi connectivity index (χ4n) is 0.814. The lowest BCUT2D eigenvalue weighted by Crippen LogP contribution is -2.01. The highest BCUT2D eigenvalue weighted by Crippen LogP contribution is 2.24. The highest BCUT2D eigenvalue weighted by molar-refractivity contribution is 7.17. The Balaban J connectivity index is 2.67. The summed E-state index contributed by atoms with van der Waals surface area (Å²) < 4.78 is 9.50. The largest absolute Gasteiger partial charge is 0.486 e. The third kappa shape index (κ3) is 2.85. The number of hydrogen-bond donors (Lipinski definition) is 0. The molecule has 0 radical (unpaired) electrons. The zero-order chi connectivity index (χ0) is 10.4. The van der Waals surface area contributed by atoms with Crippen molar-refractivity contribution in [2.45, 2.75) is 6.92 Å². The van der Waals surface area contributed by atoms with Gasteiger partial charge in [-0.2, -0.15) is 0 Å². The molecule has 0 saturated carbocycles. The molecule has 0 aliphatic carbocycles. The van der Waals surface area contributed by atoms with Gasteiger partial charge in [0.15, 0.2) is 6.40 Å². The Morgan fingerprint density at radius 1 is 1.64 bits per heavy atom. The van der Waals surface area contributed by atoms with Gasteiger partial charge in [-0.25, -0.2) is 9.79 Å². The second-order valence-electron chi connectivity index (χ2n) is 2.33. The Hall–Kier alpha value is -1.36. The van der Waals surface area contributed by atoms with E-state index in [9.17, 15) is 4.79 Å². The molecule has 1 aromatic heterocycles. The summed E-state index contributed by atoms with van der Waals surface area (Å²) in [5.74, 6) is -0.309. The van der Waals surface area contributed by atoms with Crippen LogP contribution in [0, 0.1) is 0 Å². The lowest BCUT2D eigenvalue weighted by Gasteiger charge is -1.95. The lowest BCUT2D eigenvalue weighted by molar-refractivity contribution is 0.0532. The smallest absolute Gasteiger partial charge is 0.348 e. The monoisotopic (exact) mass is 213 g/mol. The summed E-state index contributed by atoms with van der Waals surface area (Å²) in [6, 6.07) is 3.43. The maximum absolute atomic E-state index is 11.2. The van der Waals surface area contributed by atoms with Gasteiger partial charge in [-0.1, -0.05) is 0 Å². The van der Waals surface area contributed by atoms with Crippen molar-refractivity contribution in [3.63, 3.8) is 0 Å². The lowest BCUT2D eigenvalue weighted by atomic mass is 10.5. The standard InChI is InChI=1S/C9H11NO3S/c1-3-13-9(11)7-4-5-8(14-7)10-6-12-2/h4-6H,3H2,1-2H3. The first-order chi connectivity index (χ1) is 6.77. The van der Waals surface area contributed by atoms with E-state index in [2.05, 4.69) is 9.73 Å². The highest BCUT2D eigenvalue weighted by atomic mass is 32.1. The van der Waals surface area contributed by atoms with Crippen LogP contribution in [0.25, 0.3) is 0 Å². The van der Waals surface area contributed by atoms with Crippen LogP contribution >= 0.6 is 11.3 Å².